The van der Waals surface area contributed by atoms with E-state index in [4.69, 9.17) is 0 Å². The highest BCUT2D eigenvalue weighted by Crippen LogP contribution is 2.26. The van der Waals surface area contributed by atoms with Gasteiger partial charge in [0.15, 0.2) is 0 Å². The molecule has 1 N–H and O–H groups in total. The molecular weight excluding hydrogens is 308 g/mol. The molecule has 2 atom stereocenters. The zero-order valence-electron chi connectivity index (χ0n) is 13.8. The van der Waals surface area contributed by atoms with Crippen molar-refractivity contribution in [1.82, 2.24) is 40.0 Å². The second kappa shape index (κ2) is 7.23. The van der Waals surface area contributed by atoms with Crippen LogP contribution >= 0.6 is 0 Å². The van der Waals surface area contributed by atoms with Crippen LogP contribution in [0.1, 0.15) is 18.5 Å². The molecule has 0 aliphatic carbocycles. The van der Waals surface area contributed by atoms with Crippen molar-refractivity contribution in [3.8, 4) is 11.8 Å². The molecule has 0 radical (unpaired) electrons. The van der Waals surface area contributed by atoms with Crippen LogP contribution in [0.15, 0.2) is 18.9 Å². The zero-order valence-corrected chi connectivity index (χ0v) is 13.8. The third kappa shape index (κ3) is 3.60. The number of tetrazole rings is 1. The second-order valence-electron chi connectivity index (χ2n) is 5.79. The first-order valence-corrected chi connectivity index (χ1v) is 7.76. The highest BCUT2D eigenvalue weighted by Gasteiger charge is 2.37. The molecule has 1 aliphatic rings. The van der Waals surface area contributed by atoms with E-state index in [0.717, 1.165) is 5.69 Å². The predicted molar refractivity (Wildman–Crippen MR) is 85.6 cm³/mol. The van der Waals surface area contributed by atoms with Crippen LogP contribution in [0.2, 0.25) is 0 Å². The van der Waals surface area contributed by atoms with Crippen molar-refractivity contribution in [3.05, 3.63) is 24.5 Å². The number of amides is 1. The van der Waals surface area contributed by atoms with Crippen molar-refractivity contribution >= 4 is 5.91 Å². The lowest BCUT2D eigenvalue weighted by Crippen LogP contribution is -2.37. The maximum absolute atomic E-state index is 12.5. The standard InChI is InChI=1S/C15H20N8O/c1-3-4-5-16-14-8-22(15(24)9-23-11-18-19-20-23)6-12(14)13-7-21(2)10-17-13/h7,10-12,14,16H,5-6,8-9H2,1-2H3/t12-,14+/m0/s1. The first kappa shape index (κ1) is 16.1. The number of hydrogen-bond donors (Lipinski definition) is 1. The lowest BCUT2D eigenvalue weighted by molar-refractivity contribution is -0.131. The Morgan fingerprint density at radius 3 is 2.96 bits per heavy atom. The molecule has 0 unspecified atom stereocenters. The monoisotopic (exact) mass is 328 g/mol. The molecule has 1 fully saturated rings. The van der Waals surface area contributed by atoms with E-state index in [1.807, 2.05) is 29.6 Å². The number of aryl methyl sites for hydroxylation is 1. The molecule has 2 aromatic heterocycles. The fraction of sp³-hybridized carbons (Fsp3) is 0.533. The van der Waals surface area contributed by atoms with E-state index in [0.29, 0.717) is 19.6 Å². The minimum Gasteiger partial charge on any atom is -0.340 e. The molecule has 3 heterocycles. The van der Waals surface area contributed by atoms with Gasteiger partial charge in [0.05, 0.1) is 18.6 Å². The molecule has 126 valence electrons. The van der Waals surface area contributed by atoms with E-state index in [2.05, 4.69) is 37.7 Å². The average Bonchev–Trinajstić information content (AvgIpc) is 3.28. The van der Waals surface area contributed by atoms with Gasteiger partial charge in [-0.05, 0) is 17.4 Å². The number of aromatic nitrogens is 6. The molecule has 1 aliphatic heterocycles. The summed E-state index contributed by atoms with van der Waals surface area (Å²) in [6.07, 6.45) is 5.22. The fourth-order valence-corrected chi connectivity index (χ4v) is 2.90. The Bertz CT molecular complexity index is 741. The van der Waals surface area contributed by atoms with Gasteiger partial charge in [0.1, 0.15) is 12.9 Å². The normalized spacial score (nSPS) is 20.0. The van der Waals surface area contributed by atoms with Gasteiger partial charge < -0.3 is 14.8 Å². The van der Waals surface area contributed by atoms with Gasteiger partial charge >= 0.3 is 0 Å². The predicted octanol–water partition coefficient (Wildman–Crippen LogP) is -0.986. The second-order valence-corrected chi connectivity index (χ2v) is 5.79. The Labute approximate surface area is 140 Å². The van der Waals surface area contributed by atoms with Crippen LogP contribution in [0.5, 0.6) is 0 Å². The Morgan fingerprint density at radius 2 is 2.29 bits per heavy atom. The van der Waals surface area contributed by atoms with Crippen LogP contribution in [0.3, 0.4) is 0 Å². The lowest BCUT2D eigenvalue weighted by atomic mass is 10.0. The molecule has 9 nitrogen and oxygen atoms in total. The van der Waals surface area contributed by atoms with Gasteiger partial charge in [-0.3, -0.25) is 4.79 Å². The summed E-state index contributed by atoms with van der Waals surface area (Å²) >= 11 is 0. The van der Waals surface area contributed by atoms with Crippen molar-refractivity contribution < 1.29 is 4.79 Å². The third-order valence-electron chi connectivity index (χ3n) is 4.10. The zero-order chi connectivity index (χ0) is 16.9. The topological polar surface area (TPSA) is 93.8 Å². The third-order valence-corrected chi connectivity index (χ3v) is 4.10. The Hall–Kier alpha value is -2.73. The number of nitrogens with one attached hydrogen (secondary N) is 1. The van der Waals surface area contributed by atoms with Crippen LogP contribution in [-0.2, 0) is 18.4 Å². The minimum absolute atomic E-state index is 0.00546. The fourth-order valence-electron chi connectivity index (χ4n) is 2.90. The van der Waals surface area contributed by atoms with E-state index in [1.165, 1.54) is 11.0 Å². The summed E-state index contributed by atoms with van der Waals surface area (Å²) in [4.78, 5) is 18.8. The summed E-state index contributed by atoms with van der Waals surface area (Å²) in [5.41, 5.74) is 0.984. The highest BCUT2D eigenvalue weighted by atomic mass is 16.2. The van der Waals surface area contributed by atoms with Crippen LogP contribution in [0.4, 0.5) is 0 Å². The highest BCUT2D eigenvalue weighted by molar-refractivity contribution is 5.76. The number of rotatable bonds is 5. The molecule has 0 spiro atoms. The summed E-state index contributed by atoms with van der Waals surface area (Å²) in [6, 6.07) is 0.124. The summed E-state index contributed by atoms with van der Waals surface area (Å²) in [7, 11) is 1.94. The number of carbonyl (C=O) groups is 1. The minimum atomic E-state index is -0.00546. The van der Waals surface area contributed by atoms with Crippen molar-refractivity contribution in [2.75, 3.05) is 19.6 Å². The van der Waals surface area contributed by atoms with Crippen molar-refractivity contribution in [2.45, 2.75) is 25.4 Å². The number of imidazole rings is 1. The first-order valence-electron chi connectivity index (χ1n) is 7.76. The van der Waals surface area contributed by atoms with Crippen molar-refractivity contribution in [2.24, 2.45) is 7.05 Å². The summed E-state index contributed by atoms with van der Waals surface area (Å²) in [6.45, 7) is 3.79. The van der Waals surface area contributed by atoms with Gasteiger partial charge in [0.25, 0.3) is 0 Å². The Balaban J connectivity index is 1.70. The van der Waals surface area contributed by atoms with Crippen molar-refractivity contribution in [3.63, 3.8) is 0 Å². The molecule has 3 rings (SSSR count). The maximum atomic E-state index is 12.5. The van der Waals surface area contributed by atoms with Crippen molar-refractivity contribution in [1.29, 1.82) is 0 Å². The molecule has 9 heteroatoms. The molecule has 24 heavy (non-hydrogen) atoms. The van der Waals surface area contributed by atoms with Crippen LogP contribution in [0.25, 0.3) is 0 Å². The number of likely N-dealkylation sites (tertiary alicyclic amines) is 1. The number of hydrogen-bond acceptors (Lipinski definition) is 6. The summed E-state index contributed by atoms with van der Waals surface area (Å²) in [5, 5.41) is 14.3. The Kier molecular flexibility index (Phi) is 4.86. The van der Waals surface area contributed by atoms with Gasteiger partial charge in [0, 0.05) is 38.3 Å². The molecule has 0 bridgehead atoms. The van der Waals surface area contributed by atoms with Gasteiger partial charge in [0.2, 0.25) is 5.91 Å². The van der Waals surface area contributed by atoms with Gasteiger partial charge in [-0.25, -0.2) is 9.67 Å². The Morgan fingerprint density at radius 1 is 1.42 bits per heavy atom. The molecule has 0 saturated carbocycles. The first-order chi connectivity index (χ1) is 11.7. The average molecular weight is 328 g/mol. The van der Waals surface area contributed by atoms with E-state index < -0.39 is 0 Å². The molecule has 1 saturated heterocycles. The molecule has 2 aromatic rings. The van der Waals surface area contributed by atoms with Crippen LogP contribution in [0, 0.1) is 11.8 Å². The number of nitrogens with zero attached hydrogens (tertiary/aromatic N) is 7. The molecular formula is C15H20N8O. The molecule has 1 amide bonds. The molecule has 0 aromatic carbocycles. The lowest BCUT2D eigenvalue weighted by Gasteiger charge is -2.16. The van der Waals surface area contributed by atoms with Crippen LogP contribution in [-0.4, -0.2) is 66.2 Å². The van der Waals surface area contributed by atoms with E-state index >= 15 is 0 Å². The van der Waals surface area contributed by atoms with Crippen LogP contribution < -0.4 is 5.32 Å². The van der Waals surface area contributed by atoms with Gasteiger partial charge in [-0.2, -0.15) is 0 Å². The van der Waals surface area contributed by atoms with E-state index in [-0.39, 0.29) is 24.4 Å². The summed E-state index contributed by atoms with van der Waals surface area (Å²) < 4.78 is 3.35. The SMILES string of the molecule is CC#CCN[C@@H]1CN(C(=O)Cn2cnnn2)C[C@H]1c1cn(C)cn1. The summed E-state index contributed by atoms with van der Waals surface area (Å²) in [5.74, 6) is 6.02. The van der Waals surface area contributed by atoms with E-state index in [9.17, 15) is 4.79 Å². The number of carbonyl (C=O) groups excluding carboxylic acids is 1. The smallest absolute Gasteiger partial charge is 0.244 e. The van der Waals surface area contributed by atoms with Gasteiger partial charge in [-0.15, -0.1) is 11.0 Å². The quantitative estimate of drug-likeness (QED) is 0.709. The van der Waals surface area contributed by atoms with E-state index in [1.54, 1.807) is 6.33 Å². The largest absolute Gasteiger partial charge is 0.340 e. The maximum Gasteiger partial charge on any atom is 0.244 e. The van der Waals surface area contributed by atoms with Gasteiger partial charge in [-0.1, -0.05) is 5.92 Å².